The third kappa shape index (κ3) is 2.24. The van der Waals surface area contributed by atoms with Crippen LogP contribution in [-0.2, 0) is 19.4 Å². The summed E-state index contributed by atoms with van der Waals surface area (Å²) >= 11 is 0. The topological polar surface area (TPSA) is 54.7 Å². The molecule has 0 aliphatic heterocycles. The third-order valence-electron chi connectivity index (χ3n) is 4.53. The van der Waals surface area contributed by atoms with Crippen LogP contribution in [0.2, 0.25) is 0 Å². The fraction of sp³-hybridized carbons (Fsp3) is 0.278. The molecule has 3 nitrogen and oxygen atoms in total. The smallest absolute Gasteiger partial charge is 0.110 e. The van der Waals surface area contributed by atoms with Gasteiger partial charge in [-0.25, -0.2) is 4.98 Å². The number of aryl methyl sites for hydroxylation is 1. The molecule has 1 unspecified atom stereocenters. The third-order valence-corrected chi connectivity index (χ3v) is 4.53. The monoisotopic (exact) mass is 277 g/mol. The number of H-pyrrole nitrogens is 1. The van der Waals surface area contributed by atoms with Gasteiger partial charge in [-0.15, -0.1) is 0 Å². The first kappa shape index (κ1) is 12.6. The molecule has 0 saturated carbocycles. The Labute approximate surface area is 124 Å². The van der Waals surface area contributed by atoms with Crippen molar-refractivity contribution in [2.75, 3.05) is 0 Å². The second-order valence-electron chi connectivity index (χ2n) is 5.89. The Balaban J connectivity index is 1.68. The number of fused-ring (bicyclic) bond motifs is 2. The molecule has 3 N–H and O–H groups in total. The van der Waals surface area contributed by atoms with E-state index in [1.807, 2.05) is 0 Å². The van der Waals surface area contributed by atoms with Gasteiger partial charge < -0.3 is 10.7 Å². The van der Waals surface area contributed by atoms with Gasteiger partial charge >= 0.3 is 0 Å². The lowest BCUT2D eigenvalue weighted by Gasteiger charge is -2.22. The van der Waals surface area contributed by atoms with E-state index < -0.39 is 0 Å². The van der Waals surface area contributed by atoms with Crippen molar-refractivity contribution in [1.29, 1.82) is 0 Å². The lowest BCUT2D eigenvalue weighted by atomic mass is 9.83. The quantitative estimate of drug-likeness (QED) is 0.755. The number of imidazole rings is 1. The highest BCUT2D eigenvalue weighted by molar-refractivity contribution is 5.76. The van der Waals surface area contributed by atoms with Crippen LogP contribution in [0.5, 0.6) is 0 Å². The normalized spacial score (nSPS) is 17.9. The molecular formula is C18H19N3. The first-order chi connectivity index (χ1) is 10.3. The number of nitrogens with two attached hydrogens (primary N) is 1. The number of nitrogens with one attached hydrogen (secondary N) is 1. The Hall–Kier alpha value is -2.13. The summed E-state index contributed by atoms with van der Waals surface area (Å²) in [5.74, 6) is 1.61. The van der Waals surface area contributed by atoms with E-state index in [2.05, 4.69) is 47.4 Å². The predicted molar refractivity (Wildman–Crippen MR) is 85.2 cm³/mol. The Morgan fingerprint density at radius 2 is 2.00 bits per heavy atom. The molecule has 0 saturated heterocycles. The molecule has 0 amide bonds. The molecule has 1 atom stereocenters. The highest BCUT2D eigenvalue weighted by atomic mass is 14.9. The Morgan fingerprint density at radius 1 is 1.14 bits per heavy atom. The molecule has 0 fully saturated rings. The SMILES string of the molecule is NCc1ccc2nc(C3CCc4ccccc4C3)[nH]c2c1. The van der Waals surface area contributed by atoms with Crippen molar-refractivity contribution in [2.45, 2.75) is 31.7 Å². The molecule has 3 aromatic rings. The van der Waals surface area contributed by atoms with E-state index in [4.69, 9.17) is 10.7 Å². The zero-order valence-corrected chi connectivity index (χ0v) is 12.0. The maximum absolute atomic E-state index is 5.71. The first-order valence-corrected chi connectivity index (χ1v) is 7.59. The summed E-state index contributed by atoms with van der Waals surface area (Å²) in [4.78, 5) is 8.29. The number of rotatable bonds is 2. The maximum atomic E-state index is 5.71. The fourth-order valence-electron chi connectivity index (χ4n) is 3.33. The van der Waals surface area contributed by atoms with Crippen LogP contribution in [0.25, 0.3) is 11.0 Å². The van der Waals surface area contributed by atoms with Crippen LogP contribution in [-0.4, -0.2) is 9.97 Å². The average Bonchev–Trinajstić information content (AvgIpc) is 2.97. The Kier molecular flexibility index (Phi) is 3.00. The lowest BCUT2D eigenvalue weighted by molar-refractivity contribution is 0.561. The summed E-state index contributed by atoms with van der Waals surface area (Å²) in [7, 11) is 0. The van der Waals surface area contributed by atoms with Crippen molar-refractivity contribution >= 4 is 11.0 Å². The van der Waals surface area contributed by atoms with Gasteiger partial charge in [0.25, 0.3) is 0 Å². The second-order valence-corrected chi connectivity index (χ2v) is 5.89. The molecule has 2 aromatic carbocycles. The van der Waals surface area contributed by atoms with E-state index in [1.54, 1.807) is 0 Å². The first-order valence-electron chi connectivity index (χ1n) is 7.59. The lowest BCUT2D eigenvalue weighted by Crippen LogP contribution is -2.13. The molecule has 1 aliphatic carbocycles. The molecule has 4 rings (SSSR count). The summed E-state index contributed by atoms with van der Waals surface area (Å²) in [6, 6.07) is 15.0. The summed E-state index contributed by atoms with van der Waals surface area (Å²) < 4.78 is 0. The van der Waals surface area contributed by atoms with Gasteiger partial charge in [-0.05, 0) is 48.1 Å². The van der Waals surface area contributed by atoms with Crippen molar-refractivity contribution in [3.8, 4) is 0 Å². The highest BCUT2D eigenvalue weighted by Gasteiger charge is 2.22. The van der Waals surface area contributed by atoms with Crippen LogP contribution < -0.4 is 5.73 Å². The number of hydrogen-bond acceptors (Lipinski definition) is 2. The molecular weight excluding hydrogens is 258 g/mol. The van der Waals surface area contributed by atoms with E-state index in [0.29, 0.717) is 12.5 Å². The number of benzene rings is 2. The van der Waals surface area contributed by atoms with Crippen LogP contribution in [0.3, 0.4) is 0 Å². The summed E-state index contributed by atoms with van der Waals surface area (Å²) in [6.45, 7) is 0.571. The number of aromatic amines is 1. The van der Waals surface area contributed by atoms with Crippen molar-refractivity contribution in [1.82, 2.24) is 9.97 Å². The number of hydrogen-bond donors (Lipinski definition) is 2. The standard InChI is InChI=1S/C18H19N3/c19-11-12-5-8-16-17(9-12)21-18(20-16)15-7-6-13-3-1-2-4-14(13)10-15/h1-5,8-9,15H,6-7,10-11,19H2,(H,20,21). The molecule has 21 heavy (non-hydrogen) atoms. The van der Waals surface area contributed by atoms with Crippen LogP contribution >= 0.6 is 0 Å². The fourth-order valence-corrected chi connectivity index (χ4v) is 3.33. The zero-order chi connectivity index (χ0) is 14.2. The molecule has 1 aromatic heterocycles. The molecule has 0 spiro atoms. The summed E-state index contributed by atoms with van der Waals surface area (Å²) in [5.41, 5.74) is 12.0. The van der Waals surface area contributed by atoms with Crippen molar-refractivity contribution in [3.63, 3.8) is 0 Å². The van der Waals surface area contributed by atoms with Gasteiger partial charge in [-0.2, -0.15) is 0 Å². The molecule has 0 radical (unpaired) electrons. The van der Waals surface area contributed by atoms with Crippen LogP contribution in [0.15, 0.2) is 42.5 Å². The second kappa shape index (κ2) is 5.01. The predicted octanol–water partition coefficient (Wildman–Crippen LogP) is 3.29. The summed E-state index contributed by atoms with van der Waals surface area (Å²) in [6.07, 6.45) is 3.40. The van der Waals surface area contributed by atoms with Crippen molar-refractivity contribution in [2.24, 2.45) is 5.73 Å². The Bertz CT molecular complexity index is 788. The zero-order valence-electron chi connectivity index (χ0n) is 12.0. The maximum Gasteiger partial charge on any atom is 0.110 e. The van der Waals surface area contributed by atoms with Gasteiger partial charge in [-0.3, -0.25) is 0 Å². The van der Waals surface area contributed by atoms with E-state index in [9.17, 15) is 0 Å². The van der Waals surface area contributed by atoms with Gasteiger partial charge in [0.1, 0.15) is 5.82 Å². The van der Waals surface area contributed by atoms with Crippen LogP contribution in [0, 0.1) is 0 Å². The molecule has 106 valence electrons. The van der Waals surface area contributed by atoms with Crippen molar-refractivity contribution < 1.29 is 0 Å². The largest absolute Gasteiger partial charge is 0.342 e. The number of nitrogens with zero attached hydrogens (tertiary/aromatic N) is 1. The van der Waals surface area contributed by atoms with Crippen LogP contribution in [0.4, 0.5) is 0 Å². The molecule has 1 aliphatic rings. The van der Waals surface area contributed by atoms with E-state index in [0.717, 1.165) is 35.3 Å². The minimum absolute atomic E-state index is 0.494. The minimum atomic E-state index is 0.494. The van der Waals surface area contributed by atoms with Crippen LogP contribution in [0.1, 0.15) is 34.9 Å². The minimum Gasteiger partial charge on any atom is -0.342 e. The van der Waals surface area contributed by atoms with Gasteiger partial charge in [0.05, 0.1) is 11.0 Å². The molecule has 0 bridgehead atoms. The van der Waals surface area contributed by atoms with E-state index in [-0.39, 0.29) is 0 Å². The highest BCUT2D eigenvalue weighted by Crippen LogP contribution is 2.32. The van der Waals surface area contributed by atoms with Gasteiger partial charge in [0.15, 0.2) is 0 Å². The average molecular weight is 277 g/mol. The summed E-state index contributed by atoms with van der Waals surface area (Å²) in [5, 5.41) is 0. The van der Waals surface area contributed by atoms with Gasteiger partial charge in [0, 0.05) is 12.5 Å². The van der Waals surface area contributed by atoms with Crippen molar-refractivity contribution in [3.05, 3.63) is 65.0 Å². The molecule has 3 heteroatoms. The number of aromatic nitrogens is 2. The molecule has 1 heterocycles. The van der Waals surface area contributed by atoms with Gasteiger partial charge in [0.2, 0.25) is 0 Å². The van der Waals surface area contributed by atoms with E-state index >= 15 is 0 Å². The van der Waals surface area contributed by atoms with E-state index in [1.165, 1.54) is 17.5 Å². The Morgan fingerprint density at radius 3 is 2.86 bits per heavy atom. The van der Waals surface area contributed by atoms with Gasteiger partial charge in [-0.1, -0.05) is 30.3 Å².